The van der Waals surface area contributed by atoms with E-state index >= 15 is 0 Å². The Hall–Kier alpha value is -3.64. The highest BCUT2D eigenvalue weighted by molar-refractivity contribution is 6.34. The highest BCUT2D eigenvalue weighted by Gasteiger charge is 2.21. The molecule has 0 atom stereocenters. The summed E-state index contributed by atoms with van der Waals surface area (Å²) in [6.45, 7) is 5.88. The van der Waals surface area contributed by atoms with Gasteiger partial charge in [0.2, 0.25) is 0 Å². The van der Waals surface area contributed by atoms with E-state index in [1.165, 1.54) is 4.57 Å². The predicted molar refractivity (Wildman–Crippen MR) is 131 cm³/mol. The summed E-state index contributed by atoms with van der Waals surface area (Å²) in [4.78, 5) is 30.5. The van der Waals surface area contributed by atoms with Crippen LogP contribution in [0.5, 0.6) is 0 Å². The number of nitrogens with one attached hydrogen (secondary N) is 2. The van der Waals surface area contributed by atoms with Gasteiger partial charge in [0.15, 0.2) is 0 Å². The molecule has 2 aromatic heterocycles. The van der Waals surface area contributed by atoms with Gasteiger partial charge in [-0.25, -0.2) is 4.79 Å². The summed E-state index contributed by atoms with van der Waals surface area (Å²) in [7, 11) is 1.65. The lowest BCUT2D eigenvalue weighted by atomic mass is 9.99. The van der Waals surface area contributed by atoms with Crippen LogP contribution >= 0.6 is 11.6 Å². The number of carbonyl (C=O) groups is 1. The first-order valence-corrected chi connectivity index (χ1v) is 10.5. The highest BCUT2D eigenvalue weighted by Crippen LogP contribution is 2.37. The monoisotopic (exact) mass is 446 g/mol. The van der Waals surface area contributed by atoms with Crippen molar-refractivity contribution in [1.29, 1.82) is 0 Å². The lowest BCUT2D eigenvalue weighted by Gasteiger charge is -2.18. The zero-order valence-electron chi connectivity index (χ0n) is 18.3. The summed E-state index contributed by atoms with van der Waals surface area (Å²) in [5.41, 5.74) is 5.38. The molecule has 6 nitrogen and oxygen atoms in total. The quantitative estimate of drug-likeness (QED) is 0.416. The number of anilines is 2. The summed E-state index contributed by atoms with van der Waals surface area (Å²) in [5.74, 6) is 0. The molecule has 0 radical (unpaired) electrons. The fourth-order valence-electron chi connectivity index (χ4n) is 4.08. The van der Waals surface area contributed by atoms with Gasteiger partial charge in [-0.05, 0) is 44.0 Å². The van der Waals surface area contributed by atoms with Crippen molar-refractivity contribution in [3.8, 4) is 11.1 Å². The molecule has 7 heteroatoms. The van der Waals surface area contributed by atoms with Gasteiger partial charge in [0.25, 0.3) is 5.56 Å². The molecule has 32 heavy (non-hydrogen) atoms. The Kier molecular flexibility index (Phi) is 5.72. The molecule has 4 aromatic rings. The van der Waals surface area contributed by atoms with E-state index in [1.807, 2.05) is 57.2 Å². The van der Waals surface area contributed by atoms with Crippen LogP contribution < -0.4 is 16.2 Å². The minimum atomic E-state index is -0.501. The normalized spacial score (nSPS) is 10.9. The third-order valence-electron chi connectivity index (χ3n) is 5.50. The number of hydrogen-bond acceptors (Lipinski definition) is 3. The van der Waals surface area contributed by atoms with Gasteiger partial charge in [-0.15, -0.1) is 0 Å². The van der Waals surface area contributed by atoms with E-state index in [-0.39, 0.29) is 11.2 Å². The minimum absolute atomic E-state index is 0.152. The van der Waals surface area contributed by atoms with Crippen LogP contribution in [0.1, 0.15) is 16.7 Å². The Labute approximate surface area is 190 Å². The Bertz CT molecular complexity index is 1400. The number of aromatic nitrogens is 2. The summed E-state index contributed by atoms with van der Waals surface area (Å²) in [5, 5.41) is 6.93. The molecule has 0 saturated heterocycles. The van der Waals surface area contributed by atoms with Crippen LogP contribution in [0.25, 0.3) is 22.0 Å². The third kappa shape index (κ3) is 3.85. The van der Waals surface area contributed by atoms with Gasteiger partial charge in [-0.1, -0.05) is 47.5 Å². The van der Waals surface area contributed by atoms with Gasteiger partial charge in [0, 0.05) is 40.5 Å². The second kappa shape index (κ2) is 8.48. The van der Waals surface area contributed by atoms with Gasteiger partial charge in [0.05, 0.1) is 11.7 Å². The summed E-state index contributed by atoms with van der Waals surface area (Å²) >= 11 is 6.49. The molecule has 4 rings (SSSR count). The van der Waals surface area contributed by atoms with Crippen molar-refractivity contribution in [3.05, 3.63) is 86.9 Å². The van der Waals surface area contributed by atoms with Crippen molar-refractivity contribution in [2.75, 3.05) is 10.6 Å². The maximum atomic E-state index is 13.3. The van der Waals surface area contributed by atoms with Crippen molar-refractivity contribution in [2.45, 2.75) is 20.8 Å². The first-order valence-electron chi connectivity index (χ1n) is 10.2. The predicted octanol–water partition coefficient (Wildman–Crippen LogP) is 5.82. The van der Waals surface area contributed by atoms with Gasteiger partial charge >= 0.3 is 6.03 Å². The molecule has 0 unspecified atom stereocenters. The number of amides is 2. The Morgan fingerprint density at radius 2 is 1.66 bits per heavy atom. The molecule has 0 bridgehead atoms. The van der Waals surface area contributed by atoms with Crippen molar-refractivity contribution in [3.63, 3.8) is 0 Å². The SMILES string of the molecule is Cc1cc(C)c(NC(=O)Nc2c(-c3ccccc3Cl)c3ccncc3n(C)c2=O)c(C)c1. The third-order valence-corrected chi connectivity index (χ3v) is 5.83. The number of aryl methyl sites for hydroxylation is 4. The zero-order valence-corrected chi connectivity index (χ0v) is 19.0. The molecule has 0 spiro atoms. The standard InChI is InChI=1S/C25H23ClN4O2/c1-14-11-15(2)22(16(3)12-14)28-25(32)29-23-21(17-7-5-6-8-19(17)26)18-9-10-27-13-20(18)30(4)24(23)31/h5-13H,1-4H3,(H2,28,29,32). The van der Waals surface area contributed by atoms with Crippen LogP contribution in [0.4, 0.5) is 16.2 Å². The van der Waals surface area contributed by atoms with Crippen LogP contribution in [0.15, 0.2) is 59.7 Å². The first-order chi connectivity index (χ1) is 15.3. The van der Waals surface area contributed by atoms with E-state index in [0.29, 0.717) is 27.4 Å². The zero-order chi connectivity index (χ0) is 23.0. The van der Waals surface area contributed by atoms with Crippen molar-refractivity contribution in [2.24, 2.45) is 7.05 Å². The number of pyridine rings is 2. The topological polar surface area (TPSA) is 76.0 Å². The molecule has 0 saturated carbocycles. The van der Waals surface area contributed by atoms with E-state index in [0.717, 1.165) is 22.1 Å². The molecule has 2 amide bonds. The minimum Gasteiger partial charge on any atom is -0.308 e. The fourth-order valence-corrected chi connectivity index (χ4v) is 4.31. The summed E-state index contributed by atoms with van der Waals surface area (Å²) in [6, 6.07) is 12.6. The average molecular weight is 447 g/mol. The molecule has 2 N–H and O–H groups in total. The first kappa shape index (κ1) is 21.6. The molecule has 0 fully saturated rings. The van der Waals surface area contributed by atoms with E-state index in [4.69, 9.17) is 11.6 Å². The van der Waals surface area contributed by atoms with Crippen LogP contribution in [-0.2, 0) is 7.05 Å². The Morgan fingerprint density at radius 1 is 1.00 bits per heavy atom. The molecule has 0 aliphatic carbocycles. The van der Waals surface area contributed by atoms with Crippen molar-refractivity contribution < 1.29 is 4.79 Å². The van der Waals surface area contributed by atoms with E-state index in [9.17, 15) is 9.59 Å². The van der Waals surface area contributed by atoms with Crippen LogP contribution in [0, 0.1) is 20.8 Å². The van der Waals surface area contributed by atoms with Crippen molar-refractivity contribution in [1.82, 2.24) is 9.55 Å². The van der Waals surface area contributed by atoms with Gasteiger partial charge in [0.1, 0.15) is 5.69 Å². The maximum absolute atomic E-state index is 13.3. The Balaban J connectivity index is 1.87. The van der Waals surface area contributed by atoms with Crippen LogP contribution in [-0.4, -0.2) is 15.6 Å². The van der Waals surface area contributed by atoms with Crippen molar-refractivity contribution >= 4 is 39.9 Å². The van der Waals surface area contributed by atoms with E-state index in [1.54, 1.807) is 25.5 Å². The van der Waals surface area contributed by atoms with E-state index in [2.05, 4.69) is 15.6 Å². The molecule has 2 heterocycles. The van der Waals surface area contributed by atoms with E-state index < -0.39 is 6.03 Å². The number of benzene rings is 2. The number of carbonyl (C=O) groups excluding carboxylic acids is 1. The largest absolute Gasteiger partial charge is 0.323 e. The second-order valence-electron chi connectivity index (χ2n) is 7.84. The second-order valence-corrected chi connectivity index (χ2v) is 8.25. The number of halogens is 1. The number of fused-ring (bicyclic) bond motifs is 1. The summed E-state index contributed by atoms with van der Waals surface area (Å²) < 4.78 is 1.47. The lowest BCUT2D eigenvalue weighted by Crippen LogP contribution is -2.28. The number of hydrogen-bond donors (Lipinski definition) is 2. The molecule has 162 valence electrons. The average Bonchev–Trinajstić information content (AvgIpc) is 2.75. The van der Waals surface area contributed by atoms with Crippen LogP contribution in [0.2, 0.25) is 5.02 Å². The number of rotatable bonds is 3. The van der Waals surface area contributed by atoms with Gasteiger partial charge in [-0.3, -0.25) is 9.78 Å². The molecule has 0 aliphatic rings. The lowest BCUT2D eigenvalue weighted by molar-refractivity contribution is 0.262. The maximum Gasteiger partial charge on any atom is 0.323 e. The number of urea groups is 1. The van der Waals surface area contributed by atoms with Gasteiger partial charge < -0.3 is 15.2 Å². The highest BCUT2D eigenvalue weighted by atomic mass is 35.5. The molecular weight excluding hydrogens is 424 g/mol. The number of nitrogens with zero attached hydrogens (tertiary/aromatic N) is 2. The fraction of sp³-hybridized carbons (Fsp3) is 0.160. The molecular formula is C25H23ClN4O2. The Morgan fingerprint density at radius 3 is 2.34 bits per heavy atom. The smallest absolute Gasteiger partial charge is 0.308 e. The van der Waals surface area contributed by atoms with Gasteiger partial charge in [-0.2, -0.15) is 0 Å². The summed E-state index contributed by atoms with van der Waals surface area (Å²) in [6.07, 6.45) is 3.27. The van der Waals surface area contributed by atoms with Crippen LogP contribution in [0.3, 0.4) is 0 Å². The molecule has 2 aromatic carbocycles. The molecule has 0 aliphatic heterocycles.